The van der Waals surface area contributed by atoms with Crippen LogP contribution in [0.15, 0.2) is 24.3 Å². The van der Waals surface area contributed by atoms with E-state index < -0.39 is 5.92 Å². The Balaban J connectivity index is 2.54. The van der Waals surface area contributed by atoms with Gasteiger partial charge in [0, 0.05) is 6.54 Å². The van der Waals surface area contributed by atoms with E-state index in [4.69, 9.17) is 10.4 Å². The zero-order valence-corrected chi connectivity index (χ0v) is 9.97. The van der Waals surface area contributed by atoms with Crippen LogP contribution < -0.4 is 5.32 Å². The minimum absolute atomic E-state index is 0.000169. The fourth-order valence-electron chi connectivity index (χ4n) is 1.42. The van der Waals surface area contributed by atoms with Crippen molar-refractivity contribution in [3.8, 4) is 11.8 Å². The van der Waals surface area contributed by atoms with Gasteiger partial charge in [-0.2, -0.15) is 5.26 Å². The molecule has 1 rings (SSSR count). The molecule has 1 unspecified atom stereocenters. The number of carbonyl (C=O) groups is 1. The number of rotatable bonds is 4. The first-order valence-corrected chi connectivity index (χ1v) is 5.50. The predicted molar refractivity (Wildman–Crippen MR) is 63.9 cm³/mol. The SMILES string of the molecule is CC(C)C(C#N)C(=O)NCc1ccc(O)cc1. The van der Waals surface area contributed by atoms with E-state index in [2.05, 4.69) is 5.32 Å². The zero-order valence-electron chi connectivity index (χ0n) is 9.97. The molecule has 17 heavy (non-hydrogen) atoms. The van der Waals surface area contributed by atoms with Gasteiger partial charge in [-0.05, 0) is 23.6 Å². The average molecular weight is 232 g/mol. The lowest BCUT2D eigenvalue weighted by Gasteiger charge is -2.13. The number of hydrogen-bond donors (Lipinski definition) is 2. The number of hydrogen-bond acceptors (Lipinski definition) is 3. The minimum atomic E-state index is -0.618. The predicted octanol–water partition coefficient (Wildman–Crippen LogP) is 1.80. The summed E-state index contributed by atoms with van der Waals surface area (Å²) >= 11 is 0. The van der Waals surface area contributed by atoms with Crippen molar-refractivity contribution < 1.29 is 9.90 Å². The van der Waals surface area contributed by atoms with Gasteiger partial charge in [-0.1, -0.05) is 26.0 Å². The second-order valence-electron chi connectivity index (χ2n) is 4.24. The van der Waals surface area contributed by atoms with Gasteiger partial charge >= 0.3 is 0 Å². The molecule has 0 heterocycles. The van der Waals surface area contributed by atoms with E-state index in [1.54, 1.807) is 24.3 Å². The molecular weight excluding hydrogens is 216 g/mol. The summed E-state index contributed by atoms with van der Waals surface area (Å²) in [5.74, 6) is -0.681. The van der Waals surface area contributed by atoms with E-state index in [-0.39, 0.29) is 17.6 Å². The maximum atomic E-state index is 11.7. The molecule has 0 aromatic heterocycles. The summed E-state index contributed by atoms with van der Waals surface area (Å²) in [6, 6.07) is 8.57. The molecule has 0 saturated heterocycles. The Kier molecular flexibility index (Phi) is 4.53. The van der Waals surface area contributed by atoms with Crippen LogP contribution in [-0.2, 0) is 11.3 Å². The Morgan fingerprint density at radius 3 is 2.47 bits per heavy atom. The van der Waals surface area contributed by atoms with E-state index in [0.717, 1.165) is 5.56 Å². The first kappa shape index (κ1) is 13.0. The molecule has 1 aromatic carbocycles. The van der Waals surface area contributed by atoms with Gasteiger partial charge in [0.25, 0.3) is 0 Å². The Morgan fingerprint density at radius 2 is 2.00 bits per heavy atom. The molecule has 0 radical (unpaired) electrons. The fourth-order valence-corrected chi connectivity index (χ4v) is 1.42. The molecule has 0 aliphatic rings. The monoisotopic (exact) mass is 232 g/mol. The number of phenols is 1. The van der Waals surface area contributed by atoms with Crippen LogP contribution in [0.25, 0.3) is 0 Å². The molecule has 0 spiro atoms. The van der Waals surface area contributed by atoms with Crippen molar-refractivity contribution in [2.75, 3.05) is 0 Å². The van der Waals surface area contributed by atoms with Crippen molar-refractivity contribution >= 4 is 5.91 Å². The van der Waals surface area contributed by atoms with Crippen molar-refractivity contribution in [3.63, 3.8) is 0 Å². The first-order chi connectivity index (χ1) is 8.04. The van der Waals surface area contributed by atoms with Crippen molar-refractivity contribution in [1.29, 1.82) is 5.26 Å². The number of benzene rings is 1. The summed E-state index contributed by atoms with van der Waals surface area (Å²) in [7, 11) is 0. The van der Waals surface area contributed by atoms with Crippen LogP contribution in [0.1, 0.15) is 19.4 Å². The quantitative estimate of drug-likeness (QED) is 0.831. The summed E-state index contributed by atoms with van der Waals surface area (Å²) in [6.07, 6.45) is 0. The molecule has 0 aliphatic heterocycles. The average Bonchev–Trinajstić information content (AvgIpc) is 2.28. The molecule has 0 fully saturated rings. The van der Waals surface area contributed by atoms with Gasteiger partial charge in [-0.25, -0.2) is 0 Å². The number of carbonyl (C=O) groups excluding carboxylic acids is 1. The summed E-state index contributed by atoms with van der Waals surface area (Å²) in [5.41, 5.74) is 0.886. The van der Waals surface area contributed by atoms with E-state index in [9.17, 15) is 4.79 Å². The molecule has 0 bridgehead atoms. The molecule has 4 heteroatoms. The van der Waals surface area contributed by atoms with E-state index in [1.165, 1.54) is 0 Å². The number of nitrogens with zero attached hydrogens (tertiary/aromatic N) is 1. The highest BCUT2D eigenvalue weighted by Gasteiger charge is 2.20. The van der Waals surface area contributed by atoms with Gasteiger partial charge in [0.05, 0.1) is 6.07 Å². The highest BCUT2D eigenvalue weighted by atomic mass is 16.3. The van der Waals surface area contributed by atoms with Crippen LogP contribution in [0.3, 0.4) is 0 Å². The van der Waals surface area contributed by atoms with Crippen molar-refractivity contribution in [3.05, 3.63) is 29.8 Å². The van der Waals surface area contributed by atoms with E-state index >= 15 is 0 Å². The first-order valence-electron chi connectivity index (χ1n) is 5.50. The number of phenolic OH excluding ortho intramolecular Hbond substituents is 1. The zero-order chi connectivity index (χ0) is 12.8. The van der Waals surface area contributed by atoms with Crippen LogP contribution in [0, 0.1) is 23.2 Å². The largest absolute Gasteiger partial charge is 0.508 e. The standard InChI is InChI=1S/C13H16N2O2/c1-9(2)12(7-14)13(17)15-8-10-3-5-11(16)6-4-10/h3-6,9,12,16H,8H2,1-2H3,(H,15,17). The smallest absolute Gasteiger partial charge is 0.237 e. The molecule has 2 N–H and O–H groups in total. The molecule has 4 nitrogen and oxygen atoms in total. The normalized spacial score (nSPS) is 11.9. The Labute approximate surface area is 101 Å². The van der Waals surface area contributed by atoms with Gasteiger partial charge in [-0.15, -0.1) is 0 Å². The van der Waals surface area contributed by atoms with Gasteiger partial charge in [0.1, 0.15) is 11.7 Å². The van der Waals surface area contributed by atoms with Crippen molar-refractivity contribution in [2.45, 2.75) is 20.4 Å². The van der Waals surface area contributed by atoms with Gasteiger partial charge in [-0.3, -0.25) is 4.79 Å². The minimum Gasteiger partial charge on any atom is -0.508 e. The highest BCUT2D eigenvalue weighted by Crippen LogP contribution is 2.11. The fraction of sp³-hybridized carbons (Fsp3) is 0.385. The molecular formula is C13H16N2O2. The summed E-state index contributed by atoms with van der Waals surface area (Å²) in [6.45, 7) is 4.05. The number of amides is 1. The summed E-state index contributed by atoms with van der Waals surface area (Å²) in [5, 5.41) is 20.7. The molecule has 0 aliphatic carbocycles. The third kappa shape index (κ3) is 3.80. The lowest BCUT2D eigenvalue weighted by Crippen LogP contribution is -2.32. The number of nitrogens with one attached hydrogen (secondary N) is 1. The van der Waals surface area contributed by atoms with Crippen LogP contribution in [0.5, 0.6) is 5.75 Å². The Hall–Kier alpha value is -2.02. The third-order valence-corrected chi connectivity index (χ3v) is 2.49. The van der Waals surface area contributed by atoms with Gasteiger partial charge in [0.2, 0.25) is 5.91 Å². The lowest BCUT2D eigenvalue weighted by molar-refractivity contribution is -0.124. The highest BCUT2D eigenvalue weighted by molar-refractivity contribution is 5.81. The molecule has 0 saturated carbocycles. The van der Waals surface area contributed by atoms with Crippen LogP contribution in [0.4, 0.5) is 0 Å². The maximum absolute atomic E-state index is 11.7. The summed E-state index contributed by atoms with van der Waals surface area (Å²) in [4.78, 5) is 11.7. The second-order valence-corrected chi connectivity index (χ2v) is 4.24. The number of nitriles is 1. The topological polar surface area (TPSA) is 73.1 Å². The van der Waals surface area contributed by atoms with Crippen LogP contribution in [0.2, 0.25) is 0 Å². The van der Waals surface area contributed by atoms with Gasteiger partial charge < -0.3 is 10.4 Å². The van der Waals surface area contributed by atoms with Gasteiger partial charge in [0.15, 0.2) is 0 Å². The van der Waals surface area contributed by atoms with Crippen molar-refractivity contribution in [2.24, 2.45) is 11.8 Å². The van der Waals surface area contributed by atoms with Crippen LogP contribution in [-0.4, -0.2) is 11.0 Å². The molecule has 90 valence electrons. The Morgan fingerprint density at radius 1 is 1.41 bits per heavy atom. The van der Waals surface area contributed by atoms with Crippen molar-refractivity contribution in [1.82, 2.24) is 5.32 Å². The summed E-state index contributed by atoms with van der Waals surface area (Å²) < 4.78 is 0. The van der Waals surface area contributed by atoms with E-state index in [1.807, 2.05) is 19.9 Å². The molecule has 1 amide bonds. The third-order valence-electron chi connectivity index (χ3n) is 2.49. The number of aromatic hydroxyl groups is 1. The van der Waals surface area contributed by atoms with Crippen LogP contribution >= 0.6 is 0 Å². The maximum Gasteiger partial charge on any atom is 0.237 e. The molecule has 1 atom stereocenters. The Bertz CT molecular complexity index is 418. The van der Waals surface area contributed by atoms with E-state index in [0.29, 0.717) is 6.54 Å². The lowest BCUT2D eigenvalue weighted by atomic mass is 9.96. The second kappa shape index (κ2) is 5.90. The molecule has 1 aromatic rings.